The number of H-pyrrole nitrogens is 1. The van der Waals surface area contributed by atoms with Gasteiger partial charge in [-0.15, -0.1) is 0 Å². The van der Waals surface area contributed by atoms with E-state index in [1.807, 2.05) is 0 Å². The standard InChI is InChI=1S/C6H3ClIN5/c7-5-3(8)1-9-6(11-5)4-2-10-13-12-4/h1-2H,(H,10,12,13). The van der Waals surface area contributed by atoms with Gasteiger partial charge >= 0.3 is 0 Å². The van der Waals surface area contributed by atoms with Crippen LogP contribution in [0.2, 0.25) is 5.15 Å². The predicted molar refractivity (Wildman–Crippen MR) is 55.1 cm³/mol. The van der Waals surface area contributed by atoms with E-state index < -0.39 is 0 Å². The van der Waals surface area contributed by atoms with E-state index >= 15 is 0 Å². The molecule has 0 aliphatic carbocycles. The summed E-state index contributed by atoms with van der Waals surface area (Å²) in [6.45, 7) is 0. The molecular formula is C6H3ClIN5. The molecule has 0 unspecified atom stereocenters. The van der Waals surface area contributed by atoms with Gasteiger partial charge in [0.2, 0.25) is 0 Å². The lowest BCUT2D eigenvalue weighted by molar-refractivity contribution is 0.938. The zero-order valence-corrected chi connectivity index (χ0v) is 9.11. The average molecular weight is 307 g/mol. The number of aromatic nitrogens is 5. The molecule has 0 saturated heterocycles. The minimum atomic E-state index is 0.425. The van der Waals surface area contributed by atoms with Crippen molar-refractivity contribution < 1.29 is 0 Å². The van der Waals surface area contributed by atoms with Gasteiger partial charge in [0, 0.05) is 6.20 Å². The van der Waals surface area contributed by atoms with Gasteiger partial charge in [0.1, 0.15) is 10.8 Å². The van der Waals surface area contributed by atoms with Gasteiger partial charge in [-0.05, 0) is 22.6 Å². The molecule has 0 aliphatic heterocycles. The topological polar surface area (TPSA) is 67.3 Å². The lowest BCUT2D eigenvalue weighted by Crippen LogP contribution is -1.91. The van der Waals surface area contributed by atoms with Gasteiger partial charge in [0.15, 0.2) is 5.82 Å². The quantitative estimate of drug-likeness (QED) is 0.641. The van der Waals surface area contributed by atoms with Crippen LogP contribution in [0.25, 0.3) is 11.5 Å². The molecule has 66 valence electrons. The van der Waals surface area contributed by atoms with E-state index in [9.17, 15) is 0 Å². The van der Waals surface area contributed by atoms with Crippen LogP contribution in [0.4, 0.5) is 0 Å². The fourth-order valence-corrected chi connectivity index (χ4v) is 1.17. The molecule has 2 aromatic heterocycles. The van der Waals surface area contributed by atoms with Crippen LogP contribution in [0.3, 0.4) is 0 Å². The second kappa shape index (κ2) is 3.54. The van der Waals surface area contributed by atoms with E-state index in [1.165, 1.54) is 0 Å². The highest BCUT2D eigenvalue weighted by atomic mass is 127. The maximum atomic E-state index is 5.81. The molecule has 0 aromatic carbocycles. The first-order chi connectivity index (χ1) is 6.27. The van der Waals surface area contributed by atoms with Gasteiger partial charge in [-0.1, -0.05) is 11.6 Å². The smallest absolute Gasteiger partial charge is 0.183 e. The Hall–Kier alpha value is -0.760. The van der Waals surface area contributed by atoms with Gasteiger partial charge in [0.25, 0.3) is 0 Å². The van der Waals surface area contributed by atoms with Gasteiger partial charge in [-0.3, -0.25) is 0 Å². The van der Waals surface area contributed by atoms with Crippen LogP contribution in [0.15, 0.2) is 12.4 Å². The number of hydrogen-bond acceptors (Lipinski definition) is 4. The molecule has 2 rings (SSSR count). The predicted octanol–water partition coefficient (Wildman–Crippen LogP) is 1.52. The molecule has 0 bridgehead atoms. The normalized spacial score (nSPS) is 10.3. The third kappa shape index (κ3) is 1.78. The van der Waals surface area contributed by atoms with E-state index in [0.29, 0.717) is 16.7 Å². The van der Waals surface area contributed by atoms with Crippen molar-refractivity contribution in [1.29, 1.82) is 0 Å². The number of halogens is 2. The average Bonchev–Trinajstić information content (AvgIpc) is 2.62. The Balaban J connectivity index is 2.49. The fourth-order valence-electron chi connectivity index (χ4n) is 0.779. The SMILES string of the molecule is Clc1nc(-c2cn[nH]n2)ncc1I. The summed E-state index contributed by atoms with van der Waals surface area (Å²) in [5, 5.41) is 10.4. The second-order valence-electron chi connectivity index (χ2n) is 2.19. The number of aromatic amines is 1. The van der Waals surface area contributed by atoms with Crippen LogP contribution in [0, 0.1) is 3.57 Å². The van der Waals surface area contributed by atoms with Crippen molar-refractivity contribution in [3.63, 3.8) is 0 Å². The molecule has 13 heavy (non-hydrogen) atoms. The Kier molecular flexibility index (Phi) is 2.40. The molecular weight excluding hydrogens is 304 g/mol. The Morgan fingerprint density at radius 2 is 2.23 bits per heavy atom. The molecule has 0 fully saturated rings. The summed E-state index contributed by atoms with van der Waals surface area (Å²) in [7, 11) is 0. The van der Waals surface area contributed by atoms with E-state index in [1.54, 1.807) is 12.4 Å². The lowest BCUT2D eigenvalue weighted by atomic mass is 10.4. The Morgan fingerprint density at radius 1 is 1.38 bits per heavy atom. The summed E-state index contributed by atoms with van der Waals surface area (Å²) < 4.78 is 0.812. The largest absolute Gasteiger partial charge is 0.234 e. The van der Waals surface area contributed by atoms with E-state index in [-0.39, 0.29) is 0 Å². The fraction of sp³-hybridized carbons (Fsp3) is 0. The van der Waals surface area contributed by atoms with Crippen LogP contribution in [-0.2, 0) is 0 Å². The van der Waals surface area contributed by atoms with Crippen LogP contribution in [0.1, 0.15) is 0 Å². The van der Waals surface area contributed by atoms with E-state index in [4.69, 9.17) is 11.6 Å². The van der Waals surface area contributed by atoms with E-state index in [2.05, 4.69) is 48.0 Å². The van der Waals surface area contributed by atoms with Gasteiger partial charge in [-0.25, -0.2) is 9.97 Å². The Morgan fingerprint density at radius 3 is 2.85 bits per heavy atom. The van der Waals surface area contributed by atoms with Crippen molar-refractivity contribution in [3.8, 4) is 11.5 Å². The first-order valence-electron chi connectivity index (χ1n) is 3.31. The van der Waals surface area contributed by atoms with Crippen LogP contribution in [-0.4, -0.2) is 25.4 Å². The third-order valence-electron chi connectivity index (χ3n) is 1.35. The van der Waals surface area contributed by atoms with Crippen LogP contribution in [0.5, 0.6) is 0 Å². The van der Waals surface area contributed by atoms with Gasteiger partial charge in [0.05, 0.1) is 9.77 Å². The number of nitrogens with one attached hydrogen (secondary N) is 1. The minimum Gasteiger partial charge on any atom is -0.234 e. The maximum Gasteiger partial charge on any atom is 0.183 e. The van der Waals surface area contributed by atoms with Crippen LogP contribution >= 0.6 is 34.2 Å². The molecule has 0 radical (unpaired) electrons. The zero-order chi connectivity index (χ0) is 9.26. The monoisotopic (exact) mass is 307 g/mol. The summed E-state index contributed by atoms with van der Waals surface area (Å²) in [5.41, 5.74) is 0.582. The van der Waals surface area contributed by atoms with Gasteiger partial charge in [-0.2, -0.15) is 15.4 Å². The molecule has 5 nitrogen and oxygen atoms in total. The number of rotatable bonds is 1. The minimum absolute atomic E-state index is 0.425. The number of hydrogen-bond donors (Lipinski definition) is 1. The summed E-state index contributed by atoms with van der Waals surface area (Å²) >= 11 is 7.87. The molecule has 0 spiro atoms. The van der Waals surface area contributed by atoms with Crippen molar-refractivity contribution >= 4 is 34.2 Å². The van der Waals surface area contributed by atoms with Crippen molar-refractivity contribution in [1.82, 2.24) is 25.4 Å². The molecule has 7 heteroatoms. The molecule has 0 aliphatic rings. The van der Waals surface area contributed by atoms with Crippen molar-refractivity contribution in [2.24, 2.45) is 0 Å². The molecule has 2 heterocycles. The first-order valence-corrected chi connectivity index (χ1v) is 4.77. The van der Waals surface area contributed by atoms with E-state index in [0.717, 1.165) is 3.57 Å². The highest BCUT2D eigenvalue weighted by Crippen LogP contribution is 2.17. The second-order valence-corrected chi connectivity index (χ2v) is 3.71. The summed E-state index contributed by atoms with van der Waals surface area (Å²) in [5.74, 6) is 0.471. The summed E-state index contributed by atoms with van der Waals surface area (Å²) in [4.78, 5) is 8.10. The van der Waals surface area contributed by atoms with Crippen molar-refractivity contribution in [3.05, 3.63) is 21.1 Å². The molecule has 0 saturated carbocycles. The molecule has 0 atom stereocenters. The lowest BCUT2D eigenvalue weighted by Gasteiger charge is -1.96. The maximum absolute atomic E-state index is 5.81. The van der Waals surface area contributed by atoms with Gasteiger partial charge < -0.3 is 0 Å². The molecule has 2 aromatic rings. The zero-order valence-electron chi connectivity index (χ0n) is 6.20. The molecule has 0 amide bonds. The van der Waals surface area contributed by atoms with Crippen LogP contribution < -0.4 is 0 Å². The summed E-state index contributed by atoms with van der Waals surface area (Å²) in [6.07, 6.45) is 3.18. The highest BCUT2D eigenvalue weighted by Gasteiger charge is 2.06. The number of nitrogens with zero attached hydrogens (tertiary/aromatic N) is 4. The first kappa shape index (κ1) is 8.82. The molecule has 1 N–H and O–H groups in total. The van der Waals surface area contributed by atoms with Crippen molar-refractivity contribution in [2.75, 3.05) is 0 Å². The highest BCUT2D eigenvalue weighted by molar-refractivity contribution is 14.1. The van der Waals surface area contributed by atoms with Crippen molar-refractivity contribution in [2.45, 2.75) is 0 Å². The Bertz CT molecular complexity index is 415. The Labute approximate surface area is 92.1 Å². The third-order valence-corrected chi connectivity index (χ3v) is 2.74. The summed E-state index contributed by atoms with van der Waals surface area (Å²) in [6, 6.07) is 0.